The number of hydrogen-bond acceptors (Lipinski definition) is 8. The third-order valence-electron chi connectivity index (χ3n) is 6.66. The number of pyridine rings is 1. The van der Waals surface area contributed by atoms with Crippen molar-refractivity contribution >= 4 is 11.5 Å². The van der Waals surface area contributed by atoms with Crippen LogP contribution in [0.2, 0.25) is 0 Å². The van der Waals surface area contributed by atoms with E-state index < -0.39 is 0 Å². The van der Waals surface area contributed by atoms with Gasteiger partial charge in [-0.25, -0.2) is 15.0 Å². The summed E-state index contributed by atoms with van der Waals surface area (Å²) in [7, 11) is 4.02. The fraction of sp³-hybridized carbons (Fsp3) is 0.286. The number of fused-ring (bicyclic) bond motifs is 1. The first-order valence-electron chi connectivity index (χ1n) is 12.6. The van der Waals surface area contributed by atoms with E-state index in [1.807, 2.05) is 54.4 Å². The zero-order chi connectivity index (χ0) is 25.9. The molecule has 0 radical (unpaired) electrons. The van der Waals surface area contributed by atoms with Crippen molar-refractivity contribution in [2.24, 2.45) is 7.05 Å². The molecular formula is C28H30N8O2. The van der Waals surface area contributed by atoms with Crippen molar-refractivity contribution in [3.8, 4) is 28.3 Å². The Labute approximate surface area is 220 Å². The number of aromatic nitrogens is 6. The van der Waals surface area contributed by atoms with E-state index in [1.54, 1.807) is 11.0 Å². The van der Waals surface area contributed by atoms with Crippen LogP contribution < -0.4 is 10.1 Å². The maximum atomic E-state index is 6.00. The van der Waals surface area contributed by atoms with Gasteiger partial charge in [0.2, 0.25) is 0 Å². The van der Waals surface area contributed by atoms with Crippen molar-refractivity contribution in [3.05, 3.63) is 79.1 Å². The molecular weight excluding hydrogens is 480 g/mol. The minimum absolute atomic E-state index is 0.0753. The summed E-state index contributed by atoms with van der Waals surface area (Å²) in [5.74, 6) is 1.52. The highest BCUT2D eigenvalue weighted by Gasteiger charge is 2.18. The van der Waals surface area contributed by atoms with Crippen LogP contribution in [0.15, 0.2) is 73.6 Å². The van der Waals surface area contributed by atoms with Crippen molar-refractivity contribution in [1.82, 2.24) is 34.0 Å². The number of aryl methyl sites for hydroxylation is 1. The van der Waals surface area contributed by atoms with Crippen molar-refractivity contribution < 1.29 is 9.47 Å². The predicted octanol–water partition coefficient (Wildman–Crippen LogP) is 3.51. The van der Waals surface area contributed by atoms with E-state index in [2.05, 4.69) is 61.6 Å². The fourth-order valence-corrected chi connectivity index (χ4v) is 4.57. The summed E-state index contributed by atoms with van der Waals surface area (Å²) in [4.78, 5) is 15.7. The lowest BCUT2D eigenvalue weighted by Crippen LogP contribution is -2.42. The maximum Gasteiger partial charge on any atom is 0.140 e. The first-order valence-corrected chi connectivity index (χ1v) is 12.6. The summed E-state index contributed by atoms with van der Waals surface area (Å²) in [6.45, 7) is 3.73. The SMILES string of the molecule is CN1CCOC(COc2ccn3c(-c4cc(NCc5ccc(-c6cnn(C)c6)cc5)ncn4)cnc3c2)C1. The zero-order valence-electron chi connectivity index (χ0n) is 21.5. The van der Waals surface area contributed by atoms with Gasteiger partial charge in [0.15, 0.2) is 0 Å². The second-order valence-electron chi connectivity index (χ2n) is 9.54. The molecule has 10 nitrogen and oxygen atoms in total. The fourth-order valence-electron chi connectivity index (χ4n) is 4.57. The zero-order valence-corrected chi connectivity index (χ0v) is 21.5. The summed E-state index contributed by atoms with van der Waals surface area (Å²) < 4.78 is 15.6. The molecule has 10 heteroatoms. The van der Waals surface area contributed by atoms with Gasteiger partial charge < -0.3 is 19.7 Å². The Kier molecular flexibility index (Phi) is 6.72. The highest BCUT2D eigenvalue weighted by molar-refractivity contribution is 5.64. The summed E-state index contributed by atoms with van der Waals surface area (Å²) in [6.07, 6.45) is 9.30. The lowest BCUT2D eigenvalue weighted by atomic mass is 10.1. The number of imidazole rings is 1. The van der Waals surface area contributed by atoms with E-state index in [1.165, 1.54) is 0 Å². The van der Waals surface area contributed by atoms with Crippen LogP contribution in [0.25, 0.3) is 28.2 Å². The number of anilines is 1. The van der Waals surface area contributed by atoms with Gasteiger partial charge in [0, 0.05) is 56.8 Å². The number of benzene rings is 1. The molecule has 1 saturated heterocycles. The maximum absolute atomic E-state index is 6.00. The smallest absolute Gasteiger partial charge is 0.140 e. The Morgan fingerprint density at radius 1 is 1.03 bits per heavy atom. The minimum Gasteiger partial charge on any atom is -0.491 e. The molecule has 0 amide bonds. The number of nitrogens with zero attached hydrogens (tertiary/aromatic N) is 7. The van der Waals surface area contributed by atoms with Crippen molar-refractivity contribution in [2.75, 3.05) is 38.7 Å². The Bertz CT molecular complexity index is 1530. The second-order valence-corrected chi connectivity index (χ2v) is 9.54. The van der Waals surface area contributed by atoms with Crippen molar-refractivity contribution in [1.29, 1.82) is 0 Å². The quantitative estimate of drug-likeness (QED) is 0.339. The van der Waals surface area contributed by atoms with E-state index >= 15 is 0 Å². The molecule has 1 fully saturated rings. The van der Waals surface area contributed by atoms with Crippen molar-refractivity contribution in [2.45, 2.75) is 12.6 Å². The van der Waals surface area contributed by atoms with Crippen LogP contribution in [-0.2, 0) is 18.3 Å². The molecule has 4 aromatic heterocycles. The average Bonchev–Trinajstić information content (AvgIpc) is 3.57. The predicted molar refractivity (Wildman–Crippen MR) is 145 cm³/mol. The molecule has 0 bridgehead atoms. The molecule has 1 atom stereocenters. The van der Waals surface area contributed by atoms with Gasteiger partial charge in [-0.05, 0) is 24.2 Å². The topological polar surface area (TPSA) is 94.6 Å². The number of rotatable bonds is 8. The lowest BCUT2D eigenvalue weighted by Gasteiger charge is -2.29. The molecule has 1 aliphatic rings. The molecule has 1 unspecified atom stereocenters. The Morgan fingerprint density at radius 2 is 1.92 bits per heavy atom. The summed E-state index contributed by atoms with van der Waals surface area (Å²) in [6, 6.07) is 14.3. The molecule has 0 aliphatic carbocycles. The first-order chi connectivity index (χ1) is 18.6. The molecule has 38 heavy (non-hydrogen) atoms. The second kappa shape index (κ2) is 10.6. The van der Waals surface area contributed by atoms with E-state index in [0.29, 0.717) is 13.2 Å². The van der Waals surface area contributed by atoms with Gasteiger partial charge in [0.1, 0.15) is 36.3 Å². The highest BCUT2D eigenvalue weighted by Crippen LogP contribution is 2.24. The van der Waals surface area contributed by atoms with Crippen LogP contribution >= 0.6 is 0 Å². The Balaban J connectivity index is 1.11. The molecule has 1 N–H and O–H groups in total. The number of likely N-dealkylation sites (N-methyl/N-ethyl adjacent to an activating group) is 1. The Morgan fingerprint density at radius 3 is 2.74 bits per heavy atom. The monoisotopic (exact) mass is 510 g/mol. The minimum atomic E-state index is 0.0753. The van der Waals surface area contributed by atoms with Gasteiger partial charge >= 0.3 is 0 Å². The van der Waals surface area contributed by atoms with Gasteiger partial charge in [-0.2, -0.15) is 5.10 Å². The third-order valence-corrected chi connectivity index (χ3v) is 6.66. The number of nitrogens with one attached hydrogen (secondary N) is 1. The van der Waals surface area contributed by atoms with Crippen LogP contribution in [0.3, 0.4) is 0 Å². The number of morpholine rings is 1. The van der Waals surface area contributed by atoms with E-state index in [-0.39, 0.29) is 6.10 Å². The van der Waals surface area contributed by atoms with Gasteiger partial charge in [0.25, 0.3) is 0 Å². The summed E-state index contributed by atoms with van der Waals surface area (Å²) >= 11 is 0. The van der Waals surface area contributed by atoms with Gasteiger partial charge in [-0.3, -0.25) is 9.08 Å². The lowest BCUT2D eigenvalue weighted by molar-refractivity contribution is -0.0403. The molecule has 0 saturated carbocycles. The summed E-state index contributed by atoms with van der Waals surface area (Å²) in [5.41, 5.74) is 5.86. The third kappa shape index (κ3) is 5.36. The molecule has 5 aromatic rings. The van der Waals surface area contributed by atoms with Crippen molar-refractivity contribution in [3.63, 3.8) is 0 Å². The van der Waals surface area contributed by atoms with E-state index in [4.69, 9.17) is 9.47 Å². The van der Waals surface area contributed by atoms with Crippen LogP contribution in [-0.4, -0.2) is 73.5 Å². The normalized spacial score (nSPS) is 16.1. The first kappa shape index (κ1) is 24.1. The molecule has 1 aliphatic heterocycles. The van der Waals surface area contributed by atoms with E-state index in [9.17, 15) is 0 Å². The van der Waals surface area contributed by atoms with Crippen LogP contribution in [0.4, 0.5) is 5.82 Å². The molecule has 0 spiro atoms. The van der Waals surface area contributed by atoms with Gasteiger partial charge in [-0.1, -0.05) is 24.3 Å². The molecule has 1 aromatic carbocycles. The Hall–Kier alpha value is -4.28. The van der Waals surface area contributed by atoms with Gasteiger partial charge in [0.05, 0.1) is 30.4 Å². The number of hydrogen-bond donors (Lipinski definition) is 1. The standard InChI is InChI=1S/C28H30N8O2/c1-34-9-10-37-24(17-34)18-38-23-7-8-36-26(15-30-28(36)11-23)25-12-27(32-19-31-25)29-13-20-3-5-21(6-4-20)22-14-33-35(2)16-22/h3-8,11-12,14-16,19,24H,9-10,13,17-18H2,1-2H3,(H,29,31,32). The van der Waals surface area contributed by atoms with E-state index in [0.717, 1.165) is 65.0 Å². The summed E-state index contributed by atoms with van der Waals surface area (Å²) in [5, 5.41) is 7.65. The largest absolute Gasteiger partial charge is 0.491 e. The van der Waals surface area contributed by atoms with Gasteiger partial charge in [-0.15, -0.1) is 0 Å². The van der Waals surface area contributed by atoms with Crippen LogP contribution in [0.1, 0.15) is 5.56 Å². The molecule has 6 rings (SSSR count). The van der Waals surface area contributed by atoms with Crippen LogP contribution in [0, 0.1) is 0 Å². The van der Waals surface area contributed by atoms with Crippen LogP contribution in [0.5, 0.6) is 5.75 Å². The molecule has 5 heterocycles. The molecule has 194 valence electrons. The average molecular weight is 511 g/mol. The number of ether oxygens (including phenoxy) is 2. The highest BCUT2D eigenvalue weighted by atomic mass is 16.5.